The number of hydrogen-bond donors (Lipinski definition) is 2. The molecule has 0 aromatic heterocycles. The van der Waals surface area contributed by atoms with E-state index in [-0.39, 0.29) is 30.8 Å². The van der Waals surface area contributed by atoms with Crippen molar-refractivity contribution in [3.63, 3.8) is 0 Å². The number of esters is 1. The summed E-state index contributed by atoms with van der Waals surface area (Å²) in [5.74, 6) is -1.42. The highest BCUT2D eigenvalue weighted by atomic mass is 16.5. The maximum Gasteiger partial charge on any atom is 0.338 e. The van der Waals surface area contributed by atoms with Crippen LogP contribution in [-0.2, 0) is 19.1 Å². The molecule has 2 aliphatic rings. The summed E-state index contributed by atoms with van der Waals surface area (Å²) in [4.78, 5) is 48.9. The van der Waals surface area contributed by atoms with Crippen LogP contribution in [0.25, 0.3) is 0 Å². The molecule has 8 heteroatoms. The van der Waals surface area contributed by atoms with E-state index >= 15 is 0 Å². The molecule has 1 saturated carbocycles. The van der Waals surface area contributed by atoms with Gasteiger partial charge >= 0.3 is 5.97 Å². The number of amides is 3. The minimum absolute atomic E-state index is 0.00577. The number of ether oxygens (including phenoxy) is 1. The lowest BCUT2D eigenvalue weighted by atomic mass is 10.2. The number of carbonyl (C=O) groups excluding carboxylic acids is 4. The van der Waals surface area contributed by atoms with Gasteiger partial charge in [0.15, 0.2) is 0 Å². The van der Waals surface area contributed by atoms with Gasteiger partial charge in [0, 0.05) is 5.92 Å². The van der Waals surface area contributed by atoms with Gasteiger partial charge < -0.3 is 4.74 Å². The summed E-state index contributed by atoms with van der Waals surface area (Å²) in [6.45, 7) is 1.98. The molecule has 1 aliphatic carbocycles. The molecule has 1 heterocycles. The maximum absolute atomic E-state index is 12.4. The minimum atomic E-state index is -0.792. The topological polar surface area (TPSA) is 105 Å². The lowest BCUT2D eigenvalue weighted by Crippen LogP contribution is -2.48. The zero-order chi connectivity index (χ0) is 18.0. The number of hydrogen-bond acceptors (Lipinski definition) is 6. The van der Waals surface area contributed by atoms with Gasteiger partial charge in [0.1, 0.15) is 6.04 Å². The third kappa shape index (κ3) is 3.69. The third-order valence-corrected chi connectivity index (χ3v) is 4.10. The quantitative estimate of drug-likeness (QED) is 0.443. The number of benzene rings is 1. The summed E-state index contributed by atoms with van der Waals surface area (Å²) >= 11 is 0. The van der Waals surface area contributed by atoms with Crippen LogP contribution in [0.1, 0.15) is 36.5 Å². The number of rotatable bonds is 6. The second kappa shape index (κ2) is 7.02. The highest BCUT2D eigenvalue weighted by molar-refractivity contribution is 6.22. The largest absolute Gasteiger partial charge is 0.462 e. The Morgan fingerprint density at radius 2 is 1.88 bits per heavy atom. The molecule has 0 spiro atoms. The molecule has 2 N–H and O–H groups in total. The number of nitrogens with zero attached hydrogens (tertiary/aromatic N) is 1. The summed E-state index contributed by atoms with van der Waals surface area (Å²) < 4.78 is 4.89. The van der Waals surface area contributed by atoms with Crippen molar-refractivity contribution in [3.8, 4) is 0 Å². The van der Waals surface area contributed by atoms with Crippen LogP contribution in [0.2, 0.25) is 0 Å². The molecule has 1 aromatic rings. The van der Waals surface area contributed by atoms with E-state index in [0.29, 0.717) is 11.3 Å². The van der Waals surface area contributed by atoms with Gasteiger partial charge in [-0.2, -0.15) is 0 Å². The highest BCUT2D eigenvalue weighted by Crippen LogP contribution is 2.28. The van der Waals surface area contributed by atoms with Gasteiger partial charge in [-0.3, -0.25) is 19.8 Å². The Labute approximate surface area is 144 Å². The van der Waals surface area contributed by atoms with Crippen molar-refractivity contribution >= 4 is 29.4 Å². The second-order valence-corrected chi connectivity index (χ2v) is 6.00. The Morgan fingerprint density at radius 3 is 2.48 bits per heavy atom. The van der Waals surface area contributed by atoms with E-state index in [9.17, 15) is 19.2 Å². The maximum atomic E-state index is 12.4. The molecule has 1 aliphatic heterocycles. The molecule has 132 valence electrons. The van der Waals surface area contributed by atoms with Crippen molar-refractivity contribution in [2.75, 3.05) is 11.5 Å². The van der Waals surface area contributed by atoms with Crippen molar-refractivity contribution in [2.24, 2.45) is 5.92 Å². The summed E-state index contributed by atoms with van der Waals surface area (Å²) in [5, 5.41) is 0. The lowest BCUT2D eigenvalue weighted by Gasteiger charge is -2.16. The van der Waals surface area contributed by atoms with Crippen LogP contribution in [0.15, 0.2) is 24.3 Å². The van der Waals surface area contributed by atoms with Crippen molar-refractivity contribution in [1.82, 2.24) is 10.9 Å². The zero-order valence-electron chi connectivity index (χ0n) is 13.8. The lowest BCUT2D eigenvalue weighted by molar-refractivity contribution is -0.124. The monoisotopic (exact) mass is 345 g/mol. The Hall–Kier alpha value is -2.74. The summed E-state index contributed by atoms with van der Waals surface area (Å²) in [6.07, 6.45) is 1.66. The average Bonchev–Trinajstić information content (AvgIpc) is 3.40. The Bertz CT molecular complexity index is 711. The number of carbonyl (C=O) groups is 4. The van der Waals surface area contributed by atoms with E-state index in [0.717, 1.165) is 17.7 Å². The summed E-state index contributed by atoms with van der Waals surface area (Å²) in [6, 6.07) is 5.26. The molecule has 25 heavy (non-hydrogen) atoms. The number of hydrazine groups is 1. The van der Waals surface area contributed by atoms with Gasteiger partial charge in [-0.25, -0.2) is 15.1 Å². The number of imide groups is 1. The van der Waals surface area contributed by atoms with Gasteiger partial charge in [-0.15, -0.1) is 0 Å². The fourth-order valence-electron chi connectivity index (χ4n) is 2.58. The van der Waals surface area contributed by atoms with Gasteiger partial charge in [-0.1, -0.05) is 0 Å². The molecule has 3 rings (SSSR count). The van der Waals surface area contributed by atoms with Crippen LogP contribution in [0.5, 0.6) is 0 Å². The molecule has 0 unspecified atom stereocenters. The predicted molar refractivity (Wildman–Crippen MR) is 87.3 cm³/mol. The molecule has 2 fully saturated rings. The van der Waals surface area contributed by atoms with Gasteiger partial charge in [-0.05, 0) is 44.0 Å². The third-order valence-electron chi connectivity index (χ3n) is 4.10. The van der Waals surface area contributed by atoms with Gasteiger partial charge in [0.25, 0.3) is 5.91 Å². The van der Waals surface area contributed by atoms with E-state index in [1.807, 2.05) is 0 Å². The van der Waals surface area contributed by atoms with Crippen LogP contribution in [0.3, 0.4) is 0 Å². The highest BCUT2D eigenvalue weighted by Gasteiger charge is 2.40. The summed E-state index contributed by atoms with van der Waals surface area (Å²) in [7, 11) is 0. The molecular formula is C17H19N3O5. The summed E-state index contributed by atoms with van der Waals surface area (Å²) in [5.41, 5.74) is 5.86. The van der Waals surface area contributed by atoms with Crippen LogP contribution in [0, 0.1) is 5.92 Å². The van der Waals surface area contributed by atoms with Crippen molar-refractivity contribution in [3.05, 3.63) is 29.8 Å². The van der Waals surface area contributed by atoms with E-state index in [2.05, 4.69) is 10.9 Å². The Kier molecular flexibility index (Phi) is 4.80. The van der Waals surface area contributed by atoms with E-state index in [1.165, 1.54) is 24.3 Å². The smallest absolute Gasteiger partial charge is 0.338 e. The molecule has 0 bridgehead atoms. The molecule has 8 nitrogen and oxygen atoms in total. The normalized spacial score (nSPS) is 19.9. The fraction of sp³-hybridized carbons (Fsp3) is 0.412. The van der Waals surface area contributed by atoms with Crippen molar-refractivity contribution in [1.29, 1.82) is 0 Å². The van der Waals surface area contributed by atoms with Gasteiger partial charge in [0.05, 0.1) is 24.3 Å². The zero-order valence-corrected chi connectivity index (χ0v) is 13.8. The SMILES string of the molecule is CCOC(=O)c1ccc(N2C(=O)C[C@@H](NNC(=O)C3CC3)C2=O)cc1. The Morgan fingerprint density at radius 1 is 1.20 bits per heavy atom. The van der Waals surface area contributed by atoms with Crippen molar-refractivity contribution in [2.45, 2.75) is 32.2 Å². The molecular weight excluding hydrogens is 326 g/mol. The fourth-order valence-corrected chi connectivity index (χ4v) is 2.58. The van der Waals surface area contributed by atoms with E-state index in [1.54, 1.807) is 6.92 Å². The molecule has 1 atom stereocenters. The predicted octanol–water partition coefficient (Wildman–Crippen LogP) is 0.526. The van der Waals surface area contributed by atoms with Crippen LogP contribution in [-0.4, -0.2) is 36.3 Å². The number of nitrogens with one attached hydrogen (secondary N) is 2. The first-order chi connectivity index (χ1) is 12.0. The second-order valence-electron chi connectivity index (χ2n) is 6.00. The first-order valence-corrected chi connectivity index (χ1v) is 8.20. The van der Waals surface area contributed by atoms with Gasteiger partial charge in [0.2, 0.25) is 11.8 Å². The molecule has 0 radical (unpaired) electrons. The molecule has 3 amide bonds. The minimum Gasteiger partial charge on any atom is -0.462 e. The Balaban J connectivity index is 1.65. The van der Waals surface area contributed by atoms with Crippen LogP contribution in [0.4, 0.5) is 5.69 Å². The van der Waals surface area contributed by atoms with Crippen LogP contribution < -0.4 is 15.8 Å². The molecule has 1 saturated heterocycles. The van der Waals surface area contributed by atoms with Crippen LogP contribution >= 0.6 is 0 Å². The first-order valence-electron chi connectivity index (χ1n) is 8.20. The average molecular weight is 345 g/mol. The van der Waals surface area contributed by atoms with E-state index < -0.39 is 17.9 Å². The number of anilines is 1. The van der Waals surface area contributed by atoms with E-state index in [4.69, 9.17) is 4.74 Å². The molecule has 1 aromatic carbocycles. The standard InChI is InChI=1S/C17H19N3O5/c1-2-25-17(24)11-5-7-12(8-6-11)20-14(21)9-13(16(20)23)18-19-15(22)10-3-4-10/h5-8,10,13,18H,2-4,9H2,1H3,(H,19,22)/t13-/m1/s1. The van der Waals surface area contributed by atoms with Crippen molar-refractivity contribution < 1.29 is 23.9 Å². The first kappa shape index (κ1) is 17.1.